The first kappa shape index (κ1) is 16.6. The van der Waals surface area contributed by atoms with E-state index in [1.807, 2.05) is 0 Å². The number of amides is 2. The number of rotatable bonds is 3. The Labute approximate surface area is 160 Å². The minimum absolute atomic E-state index is 0.0957. The molecule has 0 saturated carbocycles. The third kappa shape index (κ3) is 2.83. The number of hydrogen-bond acceptors (Lipinski definition) is 6. The zero-order valence-corrected chi connectivity index (χ0v) is 15.1. The molecule has 1 aromatic heterocycles. The van der Waals surface area contributed by atoms with Crippen molar-refractivity contribution in [2.75, 3.05) is 23.6 Å². The van der Waals surface area contributed by atoms with Crippen molar-refractivity contribution < 1.29 is 23.5 Å². The highest BCUT2D eigenvalue weighted by Gasteiger charge is 2.35. The van der Waals surface area contributed by atoms with Gasteiger partial charge in [0.05, 0.1) is 5.92 Å². The lowest BCUT2D eigenvalue weighted by molar-refractivity contribution is -0.122. The molecule has 3 heterocycles. The number of aryl methyl sites for hydroxylation is 1. The van der Waals surface area contributed by atoms with E-state index in [2.05, 4.69) is 10.3 Å². The first-order valence-electron chi connectivity index (χ1n) is 8.95. The molecule has 8 heteroatoms. The van der Waals surface area contributed by atoms with Crippen LogP contribution in [0, 0.1) is 12.8 Å². The predicted molar refractivity (Wildman–Crippen MR) is 100 cm³/mol. The Morgan fingerprint density at radius 3 is 2.93 bits per heavy atom. The van der Waals surface area contributed by atoms with Gasteiger partial charge in [0.15, 0.2) is 23.0 Å². The monoisotopic (exact) mass is 379 g/mol. The van der Waals surface area contributed by atoms with Gasteiger partial charge in [0.1, 0.15) is 5.52 Å². The summed E-state index contributed by atoms with van der Waals surface area (Å²) >= 11 is 0. The molecule has 8 nitrogen and oxygen atoms in total. The van der Waals surface area contributed by atoms with Crippen LogP contribution in [-0.4, -0.2) is 30.1 Å². The van der Waals surface area contributed by atoms with Gasteiger partial charge in [-0.25, -0.2) is 4.98 Å². The van der Waals surface area contributed by atoms with Gasteiger partial charge in [-0.3, -0.25) is 9.59 Å². The summed E-state index contributed by atoms with van der Waals surface area (Å²) in [5, 5.41) is 2.88. The van der Waals surface area contributed by atoms with Crippen LogP contribution in [0.5, 0.6) is 11.5 Å². The van der Waals surface area contributed by atoms with E-state index in [0.717, 1.165) is 0 Å². The van der Waals surface area contributed by atoms with E-state index in [4.69, 9.17) is 13.9 Å². The molecule has 2 amide bonds. The van der Waals surface area contributed by atoms with Crippen molar-refractivity contribution in [2.24, 2.45) is 5.92 Å². The maximum Gasteiger partial charge on any atom is 0.231 e. The summed E-state index contributed by atoms with van der Waals surface area (Å²) in [5.74, 6) is 1.10. The SMILES string of the molecule is Cc1nc2cc(NC(=O)[C@@H]3CC(=O)N(c4ccc5c(c4)OCO5)C3)ccc2o1. The average Bonchev–Trinajstić information content (AvgIpc) is 3.37. The third-order valence-electron chi connectivity index (χ3n) is 4.93. The fourth-order valence-electron chi connectivity index (χ4n) is 3.55. The lowest BCUT2D eigenvalue weighted by atomic mass is 10.1. The van der Waals surface area contributed by atoms with Crippen molar-refractivity contribution in [1.29, 1.82) is 0 Å². The first-order valence-corrected chi connectivity index (χ1v) is 8.95. The second kappa shape index (κ2) is 6.26. The molecule has 2 aliphatic rings. The van der Waals surface area contributed by atoms with Gasteiger partial charge < -0.3 is 24.1 Å². The van der Waals surface area contributed by atoms with Gasteiger partial charge in [-0.05, 0) is 30.3 Å². The third-order valence-corrected chi connectivity index (χ3v) is 4.93. The number of aromatic nitrogens is 1. The lowest BCUT2D eigenvalue weighted by Crippen LogP contribution is -2.28. The summed E-state index contributed by atoms with van der Waals surface area (Å²) in [6.07, 6.45) is 0.158. The molecule has 142 valence electrons. The smallest absolute Gasteiger partial charge is 0.231 e. The molecule has 1 N–H and O–H groups in total. The molecule has 1 atom stereocenters. The molecule has 28 heavy (non-hydrogen) atoms. The summed E-state index contributed by atoms with van der Waals surface area (Å²) in [6, 6.07) is 10.6. The molecule has 1 saturated heterocycles. The number of nitrogens with one attached hydrogen (secondary N) is 1. The van der Waals surface area contributed by atoms with Crippen molar-refractivity contribution in [3.63, 3.8) is 0 Å². The van der Waals surface area contributed by atoms with Gasteiger partial charge >= 0.3 is 0 Å². The normalized spacial score (nSPS) is 18.1. The molecule has 5 rings (SSSR count). The topological polar surface area (TPSA) is 93.9 Å². The molecule has 0 spiro atoms. The van der Waals surface area contributed by atoms with E-state index in [1.54, 1.807) is 48.2 Å². The highest BCUT2D eigenvalue weighted by atomic mass is 16.7. The Morgan fingerprint density at radius 2 is 2.04 bits per heavy atom. The van der Waals surface area contributed by atoms with Gasteiger partial charge in [-0.15, -0.1) is 0 Å². The first-order chi connectivity index (χ1) is 13.6. The summed E-state index contributed by atoms with van der Waals surface area (Å²) < 4.78 is 16.1. The zero-order valence-electron chi connectivity index (χ0n) is 15.1. The molecule has 2 aliphatic heterocycles. The Kier molecular flexibility index (Phi) is 3.71. The van der Waals surface area contributed by atoms with Gasteiger partial charge in [-0.2, -0.15) is 0 Å². The molecular formula is C20H17N3O5. The van der Waals surface area contributed by atoms with E-state index >= 15 is 0 Å². The number of fused-ring (bicyclic) bond motifs is 2. The lowest BCUT2D eigenvalue weighted by Gasteiger charge is -2.17. The van der Waals surface area contributed by atoms with Crippen molar-refractivity contribution in [1.82, 2.24) is 4.98 Å². The molecule has 0 radical (unpaired) electrons. The van der Waals surface area contributed by atoms with Crippen molar-refractivity contribution in [2.45, 2.75) is 13.3 Å². The van der Waals surface area contributed by atoms with Crippen LogP contribution in [-0.2, 0) is 9.59 Å². The van der Waals surface area contributed by atoms with E-state index in [0.29, 0.717) is 46.4 Å². The van der Waals surface area contributed by atoms with E-state index in [-0.39, 0.29) is 25.0 Å². The van der Waals surface area contributed by atoms with Crippen LogP contribution in [0.3, 0.4) is 0 Å². The highest BCUT2D eigenvalue weighted by molar-refractivity contribution is 6.04. The molecule has 1 fully saturated rings. The maximum absolute atomic E-state index is 12.7. The van der Waals surface area contributed by atoms with Gasteiger partial charge in [0.25, 0.3) is 0 Å². The number of nitrogens with zero attached hydrogens (tertiary/aromatic N) is 2. The van der Waals surface area contributed by atoms with Crippen molar-refractivity contribution in [3.05, 3.63) is 42.3 Å². The minimum atomic E-state index is -0.437. The minimum Gasteiger partial charge on any atom is -0.454 e. The van der Waals surface area contributed by atoms with Gasteiger partial charge in [0.2, 0.25) is 18.6 Å². The Bertz CT molecular complexity index is 1110. The van der Waals surface area contributed by atoms with Crippen LogP contribution in [0.1, 0.15) is 12.3 Å². The number of oxazole rings is 1. The summed E-state index contributed by atoms with van der Waals surface area (Å²) in [6.45, 7) is 2.26. The standard InChI is InChI=1S/C20H17N3O5/c1-11-21-15-7-13(2-4-16(15)28-11)22-20(25)12-6-19(24)23(9-12)14-3-5-17-18(8-14)27-10-26-17/h2-5,7-8,12H,6,9-10H2,1H3,(H,22,25)/t12-/m1/s1. The van der Waals surface area contributed by atoms with Crippen LogP contribution >= 0.6 is 0 Å². The molecular weight excluding hydrogens is 362 g/mol. The Balaban J connectivity index is 1.31. The zero-order chi connectivity index (χ0) is 19.3. The van der Waals surface area contributed by atoms with E-state index < -0.39 is 5.92 Å². The second-order valence-electron chi connectivity index (χ2n) is 6.85. The highest BCUT2D eigenvalue weighted by Crippen LogP contribution is 2.37. The van der Waals surface area contributed by atoms with Crippen molar-refractivity contribution >= 4 is 34.3 Å². The molecule has 3 aromatic rings. The van der Waals surface area contributed by atoms with E-state index in [9.17, 15) is 9.59 Å². The number of anilines is 2. The van der Waals surface area contributed by atoms with Gasteiger partial charge in [-0.1, -0.05) is 0 Å². The molecule has 0 bridgehead atoms. The molecule has 0 aliphatic carbocycles. The molecule has 0 unspecified atom stereocenters. The Hall–Kier alpha value is -3.55. The number of ether oxygens (including phenoxy) is 2. The quantitative estimate of drug-likeness (QED) is 0.752. The van der Waals surface area contributed by atoms with Gasteiger partial charge in [0, 0.05) is 37.3 Å². The fraction of sp³-hybridized carbons (Fsp3) is 0.250. The summed E-state index contributed by atoms with van der Waals surface area (Å²) in [7, 11) is 0. The van der Waals surface area contributed by atoms with Crippen LogP contribution in [0.2, 0.25) is 0 Å². The van der Waals surface area contributed by atoms with E-state index in [1.165, 1.54) is 0 Å². The number of benzene rings is 2. The average molecular weight is 379 g/mol. The number of hydrogen-bond donors (Lipinski definition) is 1. The van der Waals surface area contributed by atoms with Crippen LogP contribution in [0.4, 0.5) is 11.4 Å². The van der Waals surface area contributed by atoms with Crippen LogP contribution in [0.25, 0.3) is 11.1 Å². The summed E-state index contributed by atoms with van der Waals surface area (Å²) in [5.41, 5.74) is 2.67. The predicted octanol–water partition coefficient (Wildman–Crippen LogP) is 2.86. The fourth-order valence-corrected chi connectivity index (χ4v) is 3.55. The van der Waals surface area contributed by atoms with Crippen molar-refractivity contribution in [3.8, 4) is 11.5 Å². The number of carbonyl (C=O) groups is 2. The Morgan fingerprint density at radius 1 is 1.18 bits per heavy atom. The second-order valence-corrected chi connectivity index (χ2v) is 6.85. The van der Waals surface area contributed by atoms with Crippen LogP contribution in [0.15, 0.2) is 40.8 Å². The molecule has 2 aromatic carbocycles. The number of carbonyl (C=O) groups excluding carboxylic acids is 2. The largest absolute Gasteiger partial charge is 0.454 e. The van der Waals surface area contributed by atoms with Crippen LogP contribution < -0.4 is 19.7 Å². The summed E-state index contributed by atoms with van der Waals surface area (Å²) in [4.78, 5) is 31.0. The maximum atomic E-state index is 12.7.